The minimum absolute atomic E-state index is 0.398. The van der Waals surface area contributed by atoms with Gasteiger partial charge >= 0.3 is 0 Å². The van der Waals surface area contributed by atoms with Crippen molar-refractivity contribution in [2.45, 2.75) is 53.0 Å². The predicted molar refractivity (Wildman–Crippen MR) is 87.9 cm³/mol. The second-order valence-electron chi connectivity index (χ2n) is 5.30. The standard InChI is InChI=1S/C16H30N4O/c1-5-11-21-16-12-15(17-13-18-16)19-14(4)9-8-10-20(6-2)7-3/h12-14H,5-11H2,1-4H3,(H,17,18,19). The molecule has 0 bridgehead atoms. The topological polar surface area (TPSA) is 50.3 Å². The Hall–Kier alpha value is -1.36. The largest absolute Gasteiger partial charge is 0.478 e. The summed E-state index contributed by atoms with van der Waals surface area (Å²) < 4.78 is 5.52. The molecule has 1 heterocycles. The van der Waals surface area contributed by atoms with Gasteiger partial charge in [0.05, 0.1) is 6.61 Å². The lowest BCUT2D eigenvalue weighted by Crippen LogP contribution is -2.25. The smallest absolute Gasteiger partial charge is 0.218 e. The molecule has 0 aliphatic heterocycles. The molecule has 5 nitrogen and oxygen atoms in total. The molecule has 1 atom stereocenters. The van der Waals surface area contributed by atoms with Crippen LogP contribution in [0.25, 0.3) is 0 Å². The van der Waals surface area contributed by atoms with Crippen LogP contribution >= 0.6 is 0 Å². The number of rotatable bonds is 11. The fourth-order valence-electron chi connectivity index (χ4n) is 2.19. The quantitative estimate of drug-likeness (QED) is 0.679. The summed E-state index contributed by atoms with van der Waals surface area (Å²) in [5.74, 6) is 1.48. The molecular formula is C16H30N4O. The Morgan fingerprint density at radius 3 is 2.67 bits per heavy atom. The fraction of sp³-hybridized carbons (Fsp3) is 0.750. The summed E-state index contributed by atoms with van der Waals surface area (Å²) in [6, 6.07) is 2.27. The van der Waals surface area contributed by atoms with Crippen LogP contribution in [0.5, 0.6) is 5.88 Å². The van der Waals surface area contributed by atoms with Crippen LogP contribution < -0.4 is 10.1 Å². The number of ether oxygens (including phenoxy) is 1. The SMILES string of the molecule is CCCOc1cc(NC(C)CCCN(CC)CC)ncn1. The summed E-state index contributed by atoms with van der Waals surface area (Å²) in [6.07, 6.45) is 4.86. The van der Waals surface area contributed by atoms with Crippen LogP contribution in [0.4, 0.5) is 5.82 Å². The van der Waals surface area contributed by atoms with E-state index in [0.29, 0.717) is 18.5 Å². The highest BCUT2D eigenvalue weighted by Gasteiger charge is 2.06. The van der Waals surface area contributed by atoms with Crippen molar-refractivity contribution in [2.75, 3.05) is 31.6 Å². The summed E-state index contributed by atoms with van der Waals surface area (Å²) in [5.41, 5.74) is 0. The molecule has 0 aliphatic carbocycles. The molecule has 1 aromatic heterocycles. The third kappa shape index (κ3) is 7.27. The van der Waals surface area contributed by atoms with Gasteiger partial charge < -0.3 is 15.0 Å². The number of nitrogens with zero attached hydrogens (tertiary/aromatic N) is 3. The zero-order valence-corrected chi connectivity index (χ0v) is 13.9. The molecule has 0 spiro atoms. The number of hydrogen-bond donors (Lipinski definition) is 1. The Balaban J connectivity index is 2.35. The third-order valence-electron chi connectivity index (χ3n) is 3.50. The van der Waals surface area contributed by atoms with Gasteiger partial charge in [-0.15, -0.1) is 0 Å². The van der Waals surface area contributed by atoms with Crippen molar-refractivity contribution < 1.29 is 4.74 Å². The molecule has 21 heavy (non-hydrogen) atoms. The lowest BCUT2D eigenvalue weighted by Gasteiger charge is -2.20. The first-order valence-corrected chi connectivity index (χ1v) is 8.13. The highest BCUT2D eigenvalue weighted by Crippen LogP contribution is 2.13. The van der Waals surface area contributed by atoms with E-state index in [0.717, 1.165) is 38.3 Å². The second kappa shape index (κ2) is 10.4. The van der Waals surface area contributed by atoms with Crippen LogP contribution in [-0.4, -0.2) is 47.2 Å². The Morgan fingerprint density at radius 1 is 1.24 bits per heavy atom. The maximum absolute atomic E-state index is 5.52. The van der Waals surface area contributed by atoms with E-state index in [2.05, 4.69) is 47.9 Å². The van der Waals surface area contributed by atoms with Gasteiger partial charge in [0.2, 0.25) is 5.88 Å². The minimum Gasteiger partial charge on any atom is -0.478 e. The monoisotopic (exact) mass is 294 g/mol. The van der Waals surface area contributed by atoms with E-state index in [-0.39, 0.29) is 0 Å². The zero-order chi connectivity index (χ0) is 15.5. The van der Waals surface area contributed by atoms with Crippen molar-refractivity contribution in [3.63, 3.8) is 0 Å². The van der Waals surface area contributed by atoms with Gasteiger partial charge in [-0.05, 0) is 45.8 Å². The Labute approximate surface area is 129 Å². The molecule has 120 valence electrons. The van der Waals surface area contributed by atoms with Crippen molar-refractivity contribution >= 4 is 5.82 Å². The number of anilines is 1. The van der Waals surface area contributed by atoms with E-state index < -0.39 is 0 Å². The maximum Gasteiger partial charge on any atom is 0.218 e. The van der Waals surface area contributed by atoms with Crippen molar-refractivity contribution in [1.29, 1.82) is 0 Å². The molecule has 0 radical (unpaired) electrons. The first-order chi connectivity index (χ1) is 10.2. The Bertz CT molecular complexity index is 382. The summed E-state index contributed by atoms with van der Waals surface area (Å²) >= 11 is 0. The van der Waals surface area contributed by atoms with E-state index in [4.69, 9.17) is 4.74 Å². The molecule has 0 aliphatic rings. The third-order valence-corrected chi connectivity index (χ3v) is 3.50. The van der Waals surface area contributed by atoms with E-state index in [1.165, 1.54) is 6.42 Å². The molecule has 0 fully saturated rings. The number of aromatic nitrogens is 2. The molecule has 0 amide bonds. The average Bonchev–Trinajstić information content (AvgIpc) is 2.50. The van der Waals surface area contributed by atoms with Gasteiger partial charge in [-0.2, -0.15) is 0 Å². The molecule has 5 heteroatoms. The normalized spacial score (nSPS) is 12.4. The highest BCUT2D eigenvalue weighted by atomic mass is 16.5. The van der Waals surface area contributed by atoms with Crippen LogP contribution in [0.1, 0.15) is 47.0 Å². The van der Waals surface area contributed by atoms with Crippen molar-refractivity contribution in [3.8, 4) is 5.88 Å². The van der Waals surface area contributed by atoms with Crippen molar-refractivity contribution in [1.82, 2.24) is 14.9 Å². The molecule has 1 rings (SSSR count). The summed E-state index contributed by atoms with van der Waals surface area (Å²) in [5, 5.41) is 3.42. The molecule has 1 aromatic rings. The first-order valence-electron chi connectivity index (χ1n) is 8.13. The molecule has 1 N–H and O–H groups in total. The summed E-state index contributed by atoms with van der Waals surface area (Å²) in [6.45, 7) is 12.8. The van der Waals surface area contributed by atoms with E-state index in [9.17, 15) is 0 Å². The predicted octanol–water partition coefficient (Wildman–Crippen LogP) is 3.19. The molecule has 0 aromatic carbocycles. The van der Waals surface area contributed by atoms with Gasteiger partial charge in [-0.1, -0.05) is 20.8 Å². The lowest BCUT2D eigenvalue weighted by atomic mass is 10.1. The number of hydrogen-bond acceptors (Lipinski definition) is 5. The molecular weight excluding hydrogens is 264 g/mol. The van der Waals surface area contributed by atoms with Crippen LogP contribution in [0, 0.1) is 0 Å². The van der Waals surface area contributed by atoms with Gasteiger partial charge in [0, 0.05) is 12.1 Å². The van der Waals surface area contributed by atoms with Crippen molar-refractivity contribution in [2.24, 2.45) is 0 Å². The van der Waals surface area contributed by atoms with Gasteiger partial charge in [0.1, 0.15) is 12.1 Å². The highest BCUT2D eigenvalue weighted by molar-refractivity contribution is 5.37. The van der Waals surface area contributed by atoms with Gasteiger partial charge in [0.15, 0.2) is 0 Å². The first kappa shape index (κ1) is 17.7. The average molecular weight is 294 g/mol. The van der Waals surface area contributed by atoms with E-state index >= 15 is 0 Å². The lowest BCUT2D eigenvalue weighted by molar-refractivity contribution is 0.295. The van der Waals surface area contributed by atoms with Crippen LogP contribution in [0.3, 0.4) is 0 Å². The van der Waals surface area contributed by atoms with Gasteiger partial charge in [0.25, 0.3) is 0 Å². The van der Waals surface area contributed by atoms with Crippen LogP contribution in [0.2, 0.25) is 0 Å². The van der Waals surface area contributed by atoms with E-state index in [1.54, 1.807) is 6.33 Å². The molecule has 0 saturated carbocycles. The number of nitrogens with one attached hydrogen (secondary N) is 1. The molecule has 0 saturated heterocycles. The maximum atomic E-state index is 5.52. The van der Waals surface area contributed by atoms with Gasteiger partial charge in [-0.25, -0.2) is 9.97 Å². The fourth-order valence-corrected chi connectivity index (χ4v) is 2.19. The Morgan fingerprint density at radius 2 is 2.00 bits per heavy atom. The van der Waals surface area contributed by atoms with Crippen LogP contribution in [0.15, 0.2) is 12.4 Å². The minimum atomic E-state index is 0.398. The summed E-state index contributed by atoms with van der Waals surface area (Å²) in [7, 11) is 0. The summed E-state index contributed by atoms with van der Waals surface area (Å²) in [4.78, 5) is 10.8. The Kier molecular flexibility index (Phi) is 8.74. The van der Waals surface area contributed by atoms with Crippen molar-refractivity contribution in [3.05, 3.63) is 12.4 Å². The second-order valence-corrected chi connectivity index (χ2v) is 5.30. The van der Waals surface area contributed by atoms with Crippen LogP contribution in [-0.2, 0) is 0 Å². The molecule has 1 unspecified atom stereocenters. The van der Waals surface area contributed by atoms with Gasteiger partial charge in [-0.3, -0.25) is 0 Å². The zero-order valence-electron chi connectivity index (χ0n) is 13.9. The van der Waals surface area contributed by atoms with E-state index in [1.807, 2.05) is 6.07 Å².